The number of ether oxygens (including phenoxy) is 1. The maximum Gasteiger partial charge on any atom is 0.263 e. The molecular formula is C23H26N6O4S. The van der Waals surface area contributed by atoms with E-state index in [9.17, 15) is 8.42 Å². The number of methoxy groups -OCH3 is 1. The summed E-state index contributed by atoms with van der Waals surface area (Å²) in [6.07, 6.45) is 5.31. The van der Waals surface area contributed by atoms with Gasteiger partial charge in [-0.05, 0) is 54.8 Å². The molecule has 34 heavy (non-hydrogen) atoms. The van der Waals surface area contributed by atoms with Crippen LogP contribution in [-0.2, 0) is 16.6 Å². The Labute approximate surface area is 197 Å². The lowest BCUT2D eigenvalue weighted by Crippen LogP contribution is -2.39. The summed E-state index contributed by atoms with van der Waals surface area (Å²) < 4.78 is 41.8. The van der Waals surface area contributed by atoms with Crippen LogP contribution in [0.25, 0.3) is 11.0 Å². The summed E-state index contributed by atoms with van der Waals surface area (Å²) in [5.74, 6) is 0.531. The molecule has 0 bridgehead atoms. The Morgan fingerprint density at radius 3 is 2.76 bits per heavy atom. The van der Waals surface area contributed by atoms with Crippen LogP contribution in [0.15, 0.2) is 64.3 Å². The Morgan fingerprint density at radius 1 is 1.21 bits per heavy atom. The minimum Gasteiger partial charge on any atom is -0.496 e. The summed E-state index contributed by atoms with van der Waals surface area (Å²) in [5.41, 5.74) is 8.14. The van der Waals surface area contributed by atoms with E-state index in [0.29, 0.717) is 23.3 Å². The molecule has 10 nitrogen and oxygen atoms in total. The quantitative estimate of drug-likeness (QED) is 0.411. The predicted molar refractivity (Wildman–Crippen MR) is 129 cm³/mol. The first kappa shape index (κ1) is 22.2. The Morgan fingerprint density at radius 2 is 2.03 bits per heavy atom. The molecule has 178 valence electrons. The number of rotatable bonds is 7. The number of anilines is 2. The van der Waals surface area contributed by atoms with Crippen molar-refractivity contribution in [2.75, 3.05) is 29.8 Å². The van der Waals surface area contributed by atoms with Crippen molar-refractivity contribution in [2.24, 2.45) is 5.73 Å². The fourth-order valence-electron chi connectivity index (χ4n) is 4.18. The summed E-state index contributed by atoms with van der Waals surface area (Å²) in [7, 11) is -2.40. The number of nitrogens with one attached hydrogen (secondary N) is 1. The van der Waals surface area contributed by atoms with Crippen LogP contribution in [0.3, 0.4) is 0 Å². The molecule has 1 aliphatic heterocycles. The van der Waals surface area contributed by atoms with Crippen molar-refractivity contribution >= 4 is 32.5 Å². The van der Waals surface area contributed by atoms with Gasteiger partial charge in [0, 0.05) is 37.2 Å². The second-order valence-electron chi connectivity index (χ2n) is 8.33. The van der Waals surface area contributed by atoms with Crippen molar-refractivity contribution in [3.05, 3.63) is 60.4 Å². The molecule has 0 spiro atoms. The van der Waals surface area contributed by atoms with Crippen molar-refractivity contribution in [1.29, 1.82) is 0 Å². The minimum atomic E-state index is -3.92. The van der Waals surface area contributed by atoms with Crippen LogP contribution in [0.4, 0.5) is 11.5 Å². The fraction of sp³-hybridized carbons (Fsp3) is 0.304. The highest BCUT2D eigenvalue weighted by Gasteiger charge is 2.23. The van der Waals surface area contributed by atoms with Crippen molar-refractivity contribution in [1.82, 2.24) is 14.9 Å². The van der Waals surface area contributed by atoms with Crippen LogP contribution in [0.2, 0.25) is 0 Å². The highest BCUT2D eigenvalue weighted by molar-refractivity contribution is 7.92. The number of benzene rings is 2. The first-order chi connectivity index (χ1) is 16.4. The standard InChI is InChI=1S/C23H26N6O4S/c1-32-20-12-16(15-29-9-3-8-25-29)13-21-22(20)23(26-33-21)27-34(30,31)19-5-2-4-18(14-19)28-10-6-17(24)7-11-28/h2-5,8-9,12-14,17H,6-7,10-11,15,24H2,1H3,(H,26,27). The number of hydrogen-bond acceptors (Lipinski definition) is 8. The summed E-state index contributed by atoms with van der Waals surface area (Å²) >= 11 is 0. The van der Waals surface area contributed by atoms with Crippen molar-refractivity contribution in [2.45, 2.75) is 30.3 Å². The van der Waals surface area contributed by atoms with Gasteiger partial charge in [0.15, 0.2) is 11.4 Å². The predicted octanol–water partition coefficient (Wildman–Crippen LogP) is 2.81. The van der Waals surface area contributed by atoms with Gasteiger partial charge in [0.05, 0.1) is 18.6 Å². The largest absolute Gasteiger partial charge is 0.496 e. The number of hydrogen-bond donors (Lipinski definition) is 2. The van der Waals surface area contributed by atoms with Crippen LogP contribution in [0.1, 0.15) is 18.4 Å². The first-order valence-corrected chi connectivity index (χ1v) is 12.5. The van der Waals surface area contributed by atoms with E-state index in [-0.39, 0.29) is 16.8 Å². The molecule has 3 heterocycles. The number of sulfonamides is 1. The van der Waals surface area contributed by atoms with E-state index in [0.717, 1.165) is 37.2 Å². The van der Waals surface area contributed by atoms with Crippen LogP contribution in [-0.4, -0.2) is 49.6 Å². The van der Waals surface area contributed by atoms with Gasteiger partial charge in [-0.15, -0.1) is 0 Å². The van der Waals surface area contributed by atoms with Gasteiger partial charge in [-0.3, -0.25) is 9.40 Å². The average Bonchev–Trinajstić information content (AvgIpc) is 3.49. The Hall–Kier alpha value is -3.57. The lowest BCUT2D eigenvalue weighted by Gasteiger charge is -2.32. The van der Waals surface area contributed by atoms with Crippen LogP contribution >= 0.6 is 0 Å². The molecule has 1 saturated heterocycles. The second kappa shape index (κ2) is 8.99. The Balaban J connectivity index is 1.43. The van der Waals surface area contributed by atoms with E-state index >= 15 is 0 Å². The van der Waals surface area contributed by atoms with E-state index < -0.39 is 10.0 Å². The number of aromatic nitrogens is 3. The van der Waals surface area contributed by atoms with E-state index in [2.05, 4.69) is 19.9 Å². The molecule has 3 N–H and O–H groups in total. The summed E-state index contributed by atoms with van der Waals surface area (Å²) in [6.45, 7) is 2.10. The summed E-state index contributed by atoms with van der Waals surface area (Å²) in [5, 5.41) is 8.64. The third-order valence-electron chi connectivity index (χ3n) is 5.99. The molecular weight excluding hydrogens is 456 g/mol. The lowest BCUT2D eigenvalue weighted by atomic mass is 10.1. The van der Waals surface area contributed by atoms with Gasteiger partial charge < -0.3 is 19.9 Å². The highest BCUT2D eigenvalue weighted by atomic mass is 32.2. The molecule has 0 atom stereocenters. The van der Waals surface area contributed by atoms with E-state index in [1.807, 2.05) is 24.4 Å². The van der Waals surface area contributed by atoms with E-state index in [4.69, 9.17) is 15.0 Å². The molecule has 0 unspecified atom stereocenters. The first-order valence-electron chi connectivity index (χ1n) is 11.0. The number of nitrogens with zero attached hydrogens (tertiary/aromatic N) is 4. The Kier molecular flexibility index (Phi) is 5.88. The number of fused-ring (bicyclic) bond motifs is 1. The van der Waals surface area contributed by atoms with Crippen molar-refractivity contribution in [3.63, 3.8) is 0 Å². The molecule has 2 aromatic heterocycles. The molecule has 0 radical (unpaired) electrons. The molecule has 1 fully saturated rings. The monoisotopic (exact) mass is 482 g/mol. The average molecular weight is 483 g/mol. The zero-order valence-corrected chi connectivity index (χ0v) is 19.5. The van der Waals surface area contributed by atoms with Gasteiger partial charge >= 0.3 is 0 Å². The van der Waals surface area contributed by atoms with Crippen LogP contribution < -0.4 is 20.1 Å². The highest BCUT2D eigenvalue weighted by Crippen LogP contribution is 2.35. The van der Waals surface area contributed by atoms with Crippen molar-refractivity contribution in [3.8, 4) is 5.75 Å². The van der Waals surface area contributed by atoms with Gasteiger partial charge in [-0.1, -0.05) is 11.2 Å². The smallest absolute Gasteiger partial charge is 0.263 e. The minimum absolute atomic E-state index is 0.0758. The molecule has 0 aliphatic carbocycles. The van der Waals surface area contributed by atoms with Crippen LogP contribution in [0, 0.1) is 0 Å². The SMILES string of the molecule is COc1cc(Cn2cccn2)cc2onc(NS(=O)(=O)c3cccc(N4CCC(N)CC4)c3)c12. The summed E-state index contributed by atoms with van der Waals surface area (Å²) in [4.78, 5) is 2.29. The number of piperidine rings is 1. The molecule has 5 rings (SSSR count). The normalized spacial score (nSPS) is 15.1. The van der Waals surface area contributed by atoms with E-state index in [1.165, 1.54) is 7.11 Å². The second-order valence-corrected chi connectivity index (χ2v) is 10.0. The molecule has 11 heteroatoms. The third-order valence-corrected chi connectivity index (χ3v) is 7.32. The molecule has 0 saturated carbocycles. The zero-order chi connectivity index (χ0) is 23.7. The van der Waals surface area contributed by atoms with Gasteiger partial charge in [0.2, 0.25) is 0 Å². The van der Waals surface area contributed by atoms with Gasteiger partial charge in [-0.25, -0.2) is 8.42 Å². The van der Waals surface area contributed by atoms with Crippen LogP contribution in [0.5, 0.6) is 5.75 Å². The molecule has 2 aromatic carbocycles. The lowest BCUT2D eigenvalue weighted by molar-refractivity contribution is 0.418. The fourth-order valence-corrected chi connectivity index (χ4v) is 5.23. The van der Waals surface area contributed by atoms with Gasteiger partial charge in [-0.2, -0.15) is 5.10 Å². The third kappa shape index (κ3) is 4.44. The maximum atomic E-state index is 13.2. The molecule has 0 amide bonds. The molecule has 1 aliphatic rings. The van der Waals surface area contributed by atoms with Crippen molar-refractivity contribution < 1.29 is 17.7 Å². The van der Waals surface area contributed by atoms with Gasteiger partial charge in [0.1, 0.15) is 11.1 Å². The zero-order valence-electron chi connectivity index (χ0n) is 18.7. The maximum absolute atomic E-state index is 13.2. The Bertz CT molecular complexity index is 1390. The summed E-state index contributed by atoms with van der Waals surface area (Å²) in [6, 6.07) is 12.5. The van der Waals surface area contributed by atoms with E-state index in [1.54, 1.807) is 35.1 Å². The topological polar surface area (TPSA) is 129 Å². The molecule has 4 aromatic rings. The van der Waals surface area contributed by atoms with Gasteiger partial charge in [0.25, 0.3) is 10.0 Å². The number of nitrogens with two attached hydrogens (primary N) is 1.